The third-order valence-electron chi connectivity index (χ3n) is 7.30. The predicted molar refractivity (Wildman–Crippen MR) is 173 cm³/mol. The summed E-state index contributed by atoms with van der Waals surface area (Å²) in [5.74, 6) is 3.45. The highest BCUT2D eigenvalue weighted by Gasteiger charge is 2.20. The maximum Gasteiger partial charge on any atom is 0.164 e. The van der Waals surface area contributed by atoms with Gasteiger partial charge in [0.2, 0.25) is 0 Å². The van der Waals surface area contributed by atoms with Crippen LogP contribution in [0.15, 0.2) is 115 Å². The molecule has 0 saturated carbocycles. The highest BCUT2D eigenvalue weighted by Crippen LogP contribution is 2.34. The van der Waals surface area contributed by atoms with Crippen molar-refractivity contribution in [3.05, 3.63) is 132 Å². The van der Waals surface area contributed by atoms with Gasteiger partial charge in [0.25, 0.3) is 0 Å². The van der Waals surface area contributed by atoms with Crippen molar-refractivity contribution in [1.82, 2.24) is 29.9 Å². The third-order valence-corrected chi connectivity index (χ3v) is 7.54. The summed E-state index contributed by atoms with van der Waals surface area (Å²) in [6.45, 7) is 0. The van der Waals surface area contributed by atoms with Gasteiger partial charge in [0.1, 0.15) is 0 Å². The number of aromatic nitrogens is 6. The van der Waals surface area contributed by atoms with Crippen LogP contribution in [0.1, 0.15) is 37.3 Å². The number of hydrogen-bond donors (Lipinski definition) is 0. The van der Waals surface area contributed by atoms with Crippen LogP contribution in [0.3, 0.4) is 0 Å². The minimum atomic E-state index is 0.501. The Morgan fingerprint density at radius 1 is 0.442 bits per heavy atom. The third kappa shape index (κ3) is 5.83. The second-order valence-corrected chi connectivity index (χ2v) is 10.7. The van der Waals surface area contributed by atoms with E-state index in [1.54, 1.807) is 0 Å². The quantitative estimate of drug-likeness (QED) is 0.200. The van der Waals surface area contributed by atoms with Crippen LogP contribution in [-0.2, 0) is 0 Å². The molecule has 0 spiro atoms. The lowest BCUT2D eigenvalue weighted by Crippen LogP contribution is -2.06. The van der Waals surface area contributed by atoms with Crippen LogP contribution in [0.25, 0.3) is 56.7 Å². The van der Waals surface area contributed by atoms with Crippen molar-refractivity contribution >= 4 is 22.7 Å². The van der Waals surface area contributed by atoms with Crippen molar-refractivity contribution in [3.63, 3.8) is 0 Å². The van der Waals surface area contributed by atoms with E-state index in [1.807, 2.05) is 78.9 Å². The first-order valence-corrected chi connectivity index (χ1v) is 14.8. The fraction of sp³-hybridized carbons (Fsp3) is 0.111. The van der Waals surface area contributed by atoms with E-state index in [4.69, 9.17) is 41.5 Å². The van der Waals surface area contributed by atoms with Crippen molar-refractivity contribution < 1.29 is 0 Å². The van der Waals surface area contributed by atoms with E-state index in [2.05, 4.69) is 36.5 Å². The monoisotopic (exact) mass is 578 g/mol. The fourth-order valence-corrected chi connectivity index (χ4v) is 5.31. The molecule has 7 heteroatoms. The zero-order chi connectivity index (χ0) is 29.0. The summed E-state index contributed by atoms with van der Waals surface area (Å²) in [5, 5.41) is 0.564. The number of rotatable bonds is 6. The van der Waals surface area contributed by atoms with Crippen LogP contribution in [0.4, 0.5) is 0 Å². The predicted octanol–water partition coefficient (Wildman–Crippen LogP) is 8.84. The van der Waals surface area contributed by atoms with E-state index >= 15 is 0 Å². The van der Waals surface area contributed by atoms with Crippen LogP contribution >= 0.6 is 11.6 Å². The largest absolute Gasteiger partial charge is 0.208 e. The van der Waals surface area contributed by atoms with Crippen LogP contribution in [0.5, 0.6) is 0 Å². The molecule has 0 N–H and O–H groups in total. The summed E-state index contributed by atoms with van der Waals surface area (Å²) >= 11 is 6.61. The summed E-state index contributed by atoms with van der Waals surface area (Å²) in [6.07, 6.45) is 16.7. The Bertz CT molecular complexity index is 1930. The Balaban J connectivity index is 1.44. The number of halogens is 1. The lowest BCUT2D eigenvalue weighted by Gasteiger charge is -2.14. The summed E-state index contributed by atoms with van der Waals surface area (Å²) in [4.78, 5) is 29.6. The molecule has 0 bridgehead atoms. The van der Waals surface area contributed by atoms with Gasteiger partial charge >= 0.3 is 0 Å². The standard InChI is InChI=1S/C36H27ClN6/c37-28-21-22-29(35-40-31(24-13-5-1-6-14-24)38-32(41-35)25-15-7-2-8-16-25)30(23-28)36-42-33(26-17-9-3-10-18-26)39-34(43-36)27-19-11-4-12-20-27/h1,3,5-7,9-11,13-23H,2,4,8,12H2. The topological polar surface area (TPSA) is 77.3 Å². The van der Waals surface area contributed by atoms with Gasteiger partial charge in [-0.2, -0.15) is 0 Å². The van der Waals surface area contributed by atoms with Crippen LogP contribution in [0, 0.1) is 0 Å². The minimum Gasteiger partial charge on any atom is -0.208 e. The molecule has 0 saturated heterocycles. The van der Waals surface area contributed by atoms with E-state index in [1.165, 1.54) is 0 Å². The van der Waals surface area contributed by atoms with Gasteiger partial charge in [-0.1, -0.05) is 109 Å². The summed E-state index contributed by atoms with van der Waals surface area (Å²) in [5.41, 5.74) is 5.25. The molecule has 0 unspecified atom stereocenters. The SMILES string of the molecule is Clc1ccc(-c2nc(C3=CCCC=C3)nc(-c3ccccc3)n2)c(-c2nc(C3=CCCC=C3)nc(-c3ccccc3)n2)c1. The highest BCUT2D eigenvalue weighted by molar-refractivity contribution is 6.31. The van der Waals surface area contributed by atoms with Gasteiger partial charge in [0.15, 0.2) is 34.9 Å². The van der Waals surface area contributed by atoms with Gasteiger partial charge in [-0.05, 0) is 43.9 Å². The molecule has 0 radical (unpaired) electrons. The molecule has 6 nitrogen and oxygen atoms in total. The number of hydrogen-bond acceptors (Lipinski definition) is 6. The molecule has 0 aliphatic heterocycles. The van der Waals surface area contributed by atoms with Crippen molar-refractivity contribution in [3.8, 4) is 45.6 Å². The zero-order valence-electron chi connectivity index (χ0n) is 23.4. The van der Waals surface area contributed by atoms with E-state index in [0.29, 0.717) is 40.0 Å². The molecule has 2 aromatic heterocycles. The molecule has 7 rings (SSSR count). The molecule has 2 aliphatic rings. The Morgan fingerprint density at radius 2 is 0.907 bits per heavy atom. The maximum atomic E-state index is 6.61. The molecular formula is C36H27ClN6. The van der Waals surface area contributed by atoms with Crippen LogP contribution in [-0.4, -0.2) is 29.9 Å². The second kappa shape index (κ2) is 12.0. The minimum absolute atomic E-state index is 0.501. The summed E-state index contributed by atoms with van der Waals surface area (Å²) in [7, 11) is 0. The fourth-order valence-electron chi connectivity index (χ4n) is 5.14. The Kier molecular flexibility index (Phi) is 7.50. The number of allylic oxidation sites excluding steroid dienone is 8. The summed E-state index contributed by atoms with van der Waals surface area (Å²) in [6, 6.07) is 25.6. The molecule has 5 aromatic rings. The van der Waals surface area contributed by atoms with Crippen LogP contribution < -0.4 is 0 Å². The summed E-state index contributed by atoms with van der Waals surface area (Å²) < 4.78 is 0. The van der Waals surface area contributed by atoms with Crippen molar-refractivity contribution in [2.45, 2.75) is 25.7 Å². The molecule has 0 amide bonds. The molecule has 3 aromatic carbocycles. The lowest BCUT2D eigenvalue weighted by atomic mass is 10.0. The Labute approximate surface area is 255 Å². The molecule has 208 valence electrons. The average molecular weight is 579 g/mol. The first kappa shape index (κ1) is 26.8. The average Bonchev–Trinajstić information content (AvgIpc) is 3.09. The van der Waals surface area contributed by atoms with Gasteiger partial charge in [0.05, 0.1) is 0 Å². The molecule has 2 heterocycles. The maximum absolute atomic E-state index is 6.61. The Morgan fingerprint density at radius 3 is 1.40 bits per heavy atom. The van der Waals surface area contributed by atoms with Crippen molar-refractivity contribution in [2.75, 3.05) is 0 Å². The normalized spacial score (nSPS) is 14.3. The van der Waals surface area contributed by atoms with Gasteiger partial charge in [0, 0.05) is 38.4 Å². The highest BCUT2D eigenvalue weighted by atomic mass is 35.5. The zero-order valence-corrected chi connectivity index (χ0v) is 24.1. The van der Waals surface area contributed by atoms with E-state index < -0.39 is 0 Å². The van der Waals surface area contributed by atoms with Gasteiger partial charge in [-0.25, -0.2) is 29.9 Å². The second-order valence-electron chi connectivity index (χ2n) is 10.3. The van der Waals surface area contributed by atoms with E-state index in [0.717, 1.165) is 59.1 Å². The first-order valence-electron chi connectivity index (χ1n) is 14.4. The van der Waals surface area contributed by atoms with Crippen LogP contribution in [0.2, 0.25) is 5.02 Å². The number of benzene rings is 3. The van der Waals surface area contributed by atoms with Gasteiger partial charge in [-0.3, -0.25) is 0 Å². The first-order chi connectivity index (χ1) is 21.2. The number of nitrogens with zero attached hydrogens (tertiary/aromatic N) is 6. The molecule has 43 heavy (non-hydrogen) atoms. The molecule has 2 aliphatic carbocycles. The lowest BCUT2D eigenvalue weighted by molar-refractivity contribution is 0.999. The van der Waals surface area contributed by atoms with E-state index in [9.17, 15) is 0 Å². The smallest absolute Gasteiger partial charge is 0.164 e. The van der Waals surface area contributed by atoms with Gasteiger partial charge in [-0.15, -0.1) is 0 Å². The molecular weight excluding hydrogens is 552 g/mol. The van der Waals surface area contributed by atoms with Gasteiger partial charge < -0.3 is 0 Å². The van der Waals surface area contributed by atoms with E-state index in [-0.39, 0.29) is 0 Å². The molecule has 0 atom stereocenters. The molecule has 0 fully saturated rings. The van der Waals surface area contributed by atoms with Crippen molar-refractivity contribution in [2.24, 2.45) is 0 Å². The van der Waals surface area contributed by atoms with Crippen molar-refractivity contribution in [1.29, 1.82) is 0 Å². The Hall–Kier alpha value is -5.07.